The quantitative estimate of drug-likeness (QED) is 0.700. The molecule has 1 aliphatic heterocycles. The predicted octanol–water partition coefficient (Wildman–Crippen LogP) is 1.72. The number of hydrogen-bond donors (Lipinski definition) is 1. The Labute approximate surface area is 82.7 Å². The van der Waals surface area contributed by atoms with Crippen molar-refractivity contribution < 1.29 is 0 Å². The van der Waals surface area contributed by atoms with Crippen LogP contribution in [-0.4, -0.2) is 37.1 Å². The van der Waals surface area contributed by atoms with Gasteiger partial charge in [0.15, 0.2) is 0 Å². The fraction of sp³-hybridized carbons (Fsp3) is 1.00. The van der Waals surface area contributed by atoms with Gasteiger partial charge in [-0.25, -0.2) is 0 Å². The molecule has 0 aromatic carbocycles. The smallest absolute Gasteiger partial charge is 0.0243 e. The van der Waals surface area contributed by atoms with Gasteiger partial charge in [-0.2, -0.15) is 0 Å². The summed E-state index contributed by atoms with van der Waals surface area (Å²) < 4.78 is 0. The first-order valence-corrected chi connectivity index (χ1v) is 5.70. The van der Waals surface area contributed by atoms with Crippen LogP contribution in [-0.2, 0) is 0 Å². The summed E-state index contributed by atoms with van der Waals surface area (Å²) in [5.41, 5.74) is 0. The van der Waals surface area contributed by atoms with Crippen molar-refractivity contribution in [1.29, 1.82) is 0 Å². The van der Waals surface area contributed by atoms with Crippen LogP contribution in [0.15, 0.2) is 0 Å². The molecule has 0 saturated carbocycles. The maximum Gasteiger partial charge on any atom is 0.0243 e. The fourth-order valence-electron chi connectivity index (χ4n) is 2.15. The van der Waals surface area contributed by atoms with Crippen LogP contribution in [0.4, 0.5) is 0 Å². The molecule has 1 N–H and O–H groups in total. The van der Waals surface area contributed by atoms with Crippen LogP contribution in [0.1, 0.15) is 33.6 Å². The predicted molar refractivity (Wildman–Crippen MR) is 58.0 cm³/mol. The fourth-order valence-corrected chi connectivity index (χ4v) is 2.15. The molecular weight excluding hydrogens is 160 g/mol. The molecule has 1 unspecified atom stereocenters. The topological polar surface area (TPSA) is 15.3 Å². The lowest BCUT2D eigenvalue weighted by Gasteiger charge is -2.30. The highest BCUT2D eigenvalue weighted by molar-refractivity contribution is 4.80. The Morgan fingerprint density at radius 1 is 1.23 bits per heavy atom. The van der Waals surface area contributed by atoms with E-state index in [1.807, 2.05) is 0 Å². The molecule has 1 aliphatic rings. The Kier molecular flexibility index (Phi) is 4.74. The molecule has 1 heterocycles. The van der Waals surface area contributed by atoms with E-state index in [-0.39, 0.29) is 0 Å². The minimum Gasteiger partial charge on any atom is -0.315 e. The summed E-state index contributed by atoms with van der Waals surface area (Å²) in [4.78, 5) is 2.65. The number of likely N-dealkylation sites (tertiary alicyclic amines) is 1. The third-order valence-electron chi connectivity index (χ3n) is 2.98. The van der Waals surface area contributed by atoms with Gasteiger partial charge >= 0.3 is 0 Å². The minimum absolute atomic E-state index is 0.752. The van der Waals surface area contributed by atoms with Gasteiger partial charge in [0.25, 0.3) is 0 Å². The van der Waals surface area contributed by atoms with Crippen molar-refractivity contribution in [2.75, 3.05) is 26.2 Å². The lowest BCUT2D eigenvalue weighted by Crippen LogP contribution is -2.44. The molecule has 78 valence electrons. The SMILES string of the molecule is CCNCC(C(C)C)N1CCCC1. The van der Waals surface area contributed by atoms with Gasteiger partial charge in [-0.3, -0.25) is 4.90 Å². The second-order valence-corrected chi connectivity index (χ2v) is 4.36. The zero-order valence-corrected chi connectivity index (χ0v) is 9.34. The highest BCUT2D eigenvalue weighted by Crippen LogP contribution is 2.16. The summed E-state index contributed by atoms with van der Waals surface area (Å²) in [6, 6.07) is 0.752. The lowest BCUT2D eigenvalue weighted by atomic mass is 10.0. The molecule has 0 bridgehead atoms. The molecule has 1 saturated heterocycles. The third kappa shape index (κ3) is 3.28. The van der Waals surface area contributed by atoms with Crippen LogP contribution in [0.3, 0.4) is 0 Å². The van der Waals surface area contributed by atoms with Gasteiger partial charge in [-0.15, -0.1) is 0 Å². The monoisotopic (exact) mass is 184 g/mol. The molecule has 0 aromatic rings. The summed E-state index contributed by atoms with van der Waals surface area (Å²) in [6.45, 7) is 11.7. The normalized spacial score (nSPS) is 21.2. The summed E-state index contributed by atoms with van der Waals surface area (Å²) >= 11 is 0. The van der Waals surface area contributed by atoms with Crippen molar-refractivity contribution >= 4 is 0 Å². The highest BCUT2D eigenvalue weighted by Gasteiger charge is 2.23. The van der Waals surface area contributed by atoms with Crippen molar-refractivity contribution in [1.82, 2.24) is 10.2 Å². The molecule has 2 heteroatoms. The molecule has 0 amide bonds. The van der Waals surface area contributed by atoms with Gasteiger partial charge in [-0.05, 0) is 38.4 Å². The van der Waals surface area contributed by atoms with Gasteiger partial charge in [-0.1, -0.05) is 20.8 Å². The first-order valence-electron chi connectivity index (χ1n) is 5.70. The molecule has 1 atom stereocenters. The first-order chi connectivity index (χ1) is 6.25. The molecule has 0 aromatic heterocycles. The Balaban J connectivity index is 2.36. The van der Waals surface area contributed by atoms with Gasteiger partial charge in [0, 0.05) is 12.6 Å². The summed E-state index contributed by atoms with van der Waals surface area (Å²) in [6.07, 6.45) is 2.80. The Hall–Kier alpha value is -0.0800. The molecular formula is C11H24N2. The average molecular weight is 184 g/mol. The van der Waals surface area contributed by atoms with Crippen molar-refractivity contribution in [3.05, 3.63) is 0 Å². The standard InChI is InChI=1S/C11H24N2/c1-4-12-9-11(10(2)3)13-7-5-6-8-13/h10-12H,4-9H2,1-3H3. The van der Waals surface area contributed by atoms with Gasteiger partial charge in [0.2, 0.25) is 0 Å². The number of nitrogens with one attached hydrogen (secondary N) is 1. The molecule has 13 heavy (non-hydrogen) atoms. The van der Waals surface area contributed by atoms with Crippen molar-refractivity contribution in [3.8, 4) is 0 Å². The number of rotatable bonds is 5. The highest BCUT2D eigenvalue weighted by atomic mass is 15.2. The van der Waals surface area contributed by atoms with E-state index in [0.717, 1.165) is 25.0 Å². The van der Waals surface area contributed by atoms with Crippen LogP contribution in [0, 0.1) is 5.92 Å². The zero-order valence-electron chi connectivity index (χ0n) is 9.34. The molecule has 0 aliphatic carbocycles. The minimum atomic E-state index is 0.752. The maximum atomic E-state index is 3.46. The number of hydrogen-bond acceptors (Lipinski definition) is 2. The number of likely N-dealkylation sites (N-methyl/N-ethyl adjacent to an activating group) is 1. The van der Waals surface area contributed by atoms with Crippen LogP contribution in [0.25, 0.3) is 0 Å². The number of nitrogens with zero attached hydrogens (tertiary/aromatic N) is 1. The van der Waals surface area contributed by atoms with E-state index >= 15 is 0 Å². The van der Waals surface area contributed by atoms with Crippen LogP contribution in [0.2, 0.25) is 0 Å². The Morgan fingerprint density at radius 2 is 1.85 bits per heavy atom. The zero-order chi connectivity index (χ0) is 9.68. The average Bonchev–Trinajstić information content (AvgIpc) is 2.57. The molecule has 1 rings (SSSR count). The Bertz CT molecular complexity index is 128. The summed E-state index contributed by atoms with van der Waals surface area (Å²) in [7, 11) is 0. The second-order valence-electron chi connectivity index (χ2n) is 4.36. The molecule has 0 spiro atoms. The van der Waals surface area contributed by atoms with E-state index in [2.05, 4.69) is 31.0 Å². The van der Waals surface area contributed by atoms with E-state index in [4.69, 9.17) is 0 Å². The van der Waals surface area contributed by atoms with Crippen molar-refractivity contribution in [2.45, 2.75) is 39.7 Å². The second kappa shape index (κ2) is 5.61. The third-order valence-corrected chi connectivity index (χ3v) is 2.98. The van der Waals surface area contributed by atoms with Gasteiger partial charge < -0.3 is 5.32 Å². The Morgan fingerprint density at radius 3 is 2.31 bits per heavy atom. The largest absolute Gasteiger partial charge is 0.315 e. The van der Waals surface area contributed by atoms with E-state index in [9.17, 15) is 0 Å². The lowest BCUT2D eigenvalue weighted by molar-refractivity contribution is 0.187. The van der Waals surface area contributed by atoms with Crippen molar-refractivity contribution in [2.24, 2.45) is 5.92 Å². The van der Waals surface area contributed by atoms with Gasteiger partial charge in [0.1, 0.15) is 0 Å². The van der Waals surface area contributed by atoms with Crippen LogP contribution >= 0.6 is 0 Å². The summed E-state index contributed by atoms with van der Waals surface area (Å²) in [5.74, 6) is 0.775. The van der Waals surface area contributed by atoms with E-state index in [1.54, 1.807) is 0 Å². The molecule has 0 radical (unpaired) electrons. The molecule has 1 fully saturated rings. The maximum absolute atomic E-state index is 3.46. The van der Waals surface area contributed by atoms with Gasteiger partial charge in [0.05, 0.1) is 0 Å². The van der Waals surface area contributed by atoms with Crippen molar-refractivity contribution in [3.63, 3.8) is 0 Å². The van der Waals surface area contributed by atoms with E-state index in [1.165, 1.54) is 25.9 Å². The molecule has 2 nitrogen and oxygen atoms in total. The van der Waals surface area contributed by atoms with Crippen LogP contribution in [0.5, 0.6) is 0 Å². The summed E-state index contributed by atoms with van der Waals surface area (Å²) in [5, 5.41) is 3.46. The van der Waals surface area contributed by atoms with E-state index < -0.39 is 0 Å². The van der Waals surface area contributed by atoms with E-state index in [0.29, 0.717) is 0 Å². The van der Waals surface area contributed by atoms with Crippen LogP contribution < -0.4 is 5.32 Å². The first kappa shape index (κ1) is 11.0.